The van der Waals surface area contributed by atoms with E-state index in [9.17, 15) is 5.11 Å². The molecule has 0 heterocycles. The van der Waals surface area contributed by atoms with Crippen LogP contribution in [0.4, 0.5) is 0 Å². The van der Waals surface area contributed by atoms with E-state index in [1.807, 2.05) is 39.0 Å². The van der Waals surface area contributed by atoms with Gasteiger partial charge >= 0.3 is 0 Å². The van der Waals surface area contributed by atoms with E-state index in [1.54, 1.807) is 0 Å². The number of nitrogens with two attached hydrogens (primary N) is 1. The van der Waals surface area contributed by atoms with Gasteiger partial charge in [-0.05, 0) is 32.9 Å². The Morgan fingerprint density at radius 1 is 1.26 bits per heavy atom. The first-order valence-corrected chi connectivity index (χ1v) is 7.17. The molecule has 0 saturated heterocycles. The zero-order valence-electron chi connectivity index (χ0n) is 11.6. The highest BCUT2D eigenvalue weighted by atomic mass is 79.9. The van der Waals surface area contributed by atoms with Gasteiger partial charge in [0.2, 0.25) is 0 Å². The average molecular weight is 332 g/mol. The van der Waals surface area contributed by atoms with Crippen molar-refractivity contribution in [1.82, 2.24) is 0 Å². The van der Waals surface area contributed by atoms with Crippen molar-refractivity contribution in [3.05, 3.63) is 28.2 Å². The molecule has 4 nitrogen and oxygen atoms in total. The lowest BCUT2D eigenvalue weighted by Crippen LogP contribution is -2.25. The molecule has 0 spiro atoms. The van der Waals surface area contributed by atoms with E-state index in [0.717, 1.165) is 10.0 Å². The fourth-order valence-corrected chi connectivity index (χ4v) is 1.89. The lowest BCUT2D eigenvalue weighted by atomic mass is 10.1. The predicted molar refractivity (Wildman–Crippen MR) is 79.3 cm³/mol. The fourth-order valence-electron chi connectivity index (χ4n) is 1.55. The number of aliphatic hydroxyl groups is 1. The van der Waals surface area contributed by atoms with E-state index in [-0.39, 0.29) is 25.4 Å². The lowest BCUT2D eigenvalue weighted by molar-refractivity contribution is -0.0124. The van der Waals surface area contributed by atoms with Gasteiger partial charge in [0.15, 0.2) is 0 Å². The Balaban J connectivity index is 2.59. The summed E-state index contributed by atoms with van der Waals surface area (Å²) in [6, 6.07) is 5.58. The van der Waals surface area contributed by atoms with Crippen LogP contribution in [0.2, 0.25) is 0 Å². The van der Waals surface area contributed by atoms with Gasteiger partial charge in [-0.25, -0.2) is 0 Å². The molecule has 0 fully saturated rings. The SMILES string of the molecule is CC(C)OCC(O)COc1cc(Br)ccc1[C@H](C)N. The van der Waals surface area contributed by atoms with Crippen LogP contribution < -0.4 is 10.5 Å². The molecule has 2 atom stereocenters. The van der Waals surface area contributed by atoms with Crippen LogP contribution in [-0.2, 0) is 4.74 Å². The summed E-state index contributed by atoms with van der Waals surface area (Å²) in [7, 11) is 0. The molecule has 0 bridgehead atoms. The lowest BCUT2D eigenvalue weighted by Gasteiger charge is -2.17. The van der Waals surface area contributed by atoms with Crippen LogP contribution in [0.5, 0.6) is 5.75 Å². The smallest absolute Gasteiger partial charge is 0.125 e. The van der Waals surface area contributed by atoms with Crippen molar-refractivity contribution in [2.75, 3.05) is 13.2 Å². The summed E-state index contributed by atoms with van der Waals surface area (Å²) < 4.78 is 11.9. The van der Waals surface area contributed by atoms with Gasteiger partial charge in [0.1, 0.15) is 18.5 Å². The highest BCUT2D eigenvalue weighted by molar-refractivity contribution is 9.10. The maximum atomic E-state index is 9.77. The summed E-state index contributed by atoms with van der Waals surface area (Å²) in [4.78, 5) is 0. The molecular weight excluding hydrogens is 310 g/mol. The maximum Gasteiger partial charge on any atom is 0.125 e. The monoisotopic (exact) mass is 331 g/mol. The predicted octanol–water partition coefficient (Wildman–Crippen LogP) is 2.63. The van der Waals surface area contributed by atoms with Crippen molar-refractivity contribution < 1.29 is 14.6 Å². The zero-order chi connectivity index (χ0) is 14.4. The maximum absolute atomic E-state index is 9.77. The number of aliphatic hydroxyl groups excluding tert-OH is 1. The molecule has 0 radical (unpaired) electrons. The Morgan fingerprint density at radius 2 is 1.95 bits per heavy atom. The Hall–Kier alpha value is -0.620. The molecule has 3 N–H and O–H groups in total. The Labute approximate surface area is 123 Å². The number of hydrogen-bond acceptors (Lipinski definition) is 4. The highest BCUT2D eigenvalue weighted by Gasteiger charge is 2.12. The normalized spacial score (nSPS) is 14.5. The highest BCUT2D eigenvalue weighted by Crippen LogP contribution is 2.27. The van der Waals surface area contributed by atoms with Gasteiger partial charge in [-0.1, -0.05) is 22.0 Å². The Morgan fingerprint density at radius 3 is 2.53 bits per heavy atom. The standard InChI is InChI=1S/C14H22BrNO3/c1-9(2)18-7-12(17)8-19-14-6-11(15)4-5-13(14)10(3)16/h4-6,9-10,12,17H,7-8,16H2,1-3H3/t10-,12?/m0/s1. The van der Waals surface area contributed by atoms with Crippen molar-refractivity contribution in [3.8, 4) is 5.75 Å². The van der Waals surface area contributed by atoms with Gasteiger partial charge in [0.25, 0.3) is 0 Å². The number of benzene rings is 1. The van der Waals surface area contributed by atoms with Crippen LogP contribution >= 0.6 is 15.9 Å². The molecular formula is C14H22BrNO3. The summed E-state index contributed by atoms with van der Waals surface area (Å²) in [6.45, 7) is 6.20. The van der Waals surface area contributed by atoms with Crippen LogP contribution in [-0.4, -0.2) is 30.5 Å². The Kier molecular flexibility index (Phi) is 6.79. The second-order valence-electron chi connectivity index (χ2n) is 4.82. The van der Waals surface area contributed by atoms with Crippen molar-refractivity contribution in [2.45, 2.75) is 39.0 Å². The third kappa shape index (κ3) is 5.91. The molecule has 0 saturated carbocycles. The van der Waals surface area contributed by atoms with Crippen LogP contribution in [0, 0.1) is 0 Å². The van der Waals surface area contributed by atoms with Crippen LogP contribution in [0.3, 0.4) is 0 Å². The van der Waals surface area contributed by atoms with Gasteiger partial charge in [-0.3, -0.25) is 0 Å². The van der Waals surface area contributed by atoms with Gasteiger partial charge < -0.3 is 20.3 Å². The first-order chi connectivity index (χ1) is 8.90. The van der Waals surface area contributed by atoms with Gasteiger partial charge in [-0.2, -0.15) is 0 Å². The zero-order valence-corrected chi connectivity index (χ0v) is 13.2. The summed E-state index contributed by atoms with van der Waals surface area (Å²) in [5.41, 5.74) is 6.80. The molecule has 0 amide bonds. The third-order valence-electron chi connectivity index (χ3n) is 2.52. The third-order valence-corrected chi connectivity index (χ3v) is 3.01. The molecule has 1 aromatic carbocycles. The van der Waals surface area contributed by atoms with Crippen LogP contribution in [0.25, 0.3) is 0 Å². The van der Waals surface area contributed by atoms with E-state index in [2.05, 4.69) is 15.9 Å². The van der Waals surface area contributed by atoms with Crippen LogP contribution in [0.1, 0.15) is 32.4 Å². The van der Waals surface area contributed by atoms with Gasteiger partial charge in [0, 0.05) is 16.1 Å². The van der Waals surface area contributed by atoms with E-state index < -0.39 is 6.10 Å². The average Bonchev–Trinajstić information content (AvgIpc) is 2.33. The summed E-state index contributed by atoms with van der Waals surface area (Å²) in [5.74, 6) is 0.688. The Bertz CT molecular complexity index is 396. The van der Waals surface area contributed by atoms with E-state index >= 15 is 0 Å². The van der Waals surface area contributed by atoms with Crippen molar-refractivity contribution in [3.63, 3.8) is 0 Å². The first kappa shape index (κ1) is 16.4. The number of ether oxygens (including phenoxy) is 2. The van der Waals surface area contributed by atoms with E-state index in [1.165, 1.54) is 0 Å². The van der Waals surface area contributed by atoms with Crippen molar-refractivity contribution in [2.24, 2.45) is 5.73 Å². The summed E-state index contributed by atoms with van der Waals surface area (Å²) in [5, 5.41) is 9.77. The fraction of sp³-hybridized carbons (Fsp3) is 0.571. The van der Waals surface area contributed by atoms with Gasteiger partial charge in [-0.15, -0.1) is 0 Å². The van der Waals surface area contributed by atoms with Crippen molar-refractivity contribution >= 4 is 15.9 Å². The minimum absolute atomic E-state index is 0.0974. The van der Waals surface area contributed by atoms with E-state index in [4.69, 9.17) is 15.2 Å². The molecule has 0 aliphatic carbocycles. The second kappa shape index (κ2) is 7.85. The number of hydrogen-bond donors (Lipinski definition) is 2. The minimum atomic E-state index is -0.651. The largest absolute Gasteiger partial charge is 0.490 e. The molecule has 1 unspecified atom stereocenters. The quantitative estimate of drug-likeness (QED) is 0.806. The first-order valence-electron chi connectivity index (χ1n) is 6.37. The molecule has 108 valence electrons. The summed E-state index contributed by atoms with van der Waals surface area (Å²) in [6.07, 6.45) is -0.553. The molecule has 5 heteroatoms. The molecule has 0 aliphatic rings. The minimum Gasteiger partial charge on any atom is -0.490 e. The molecule has 1 rings (SSSR count). The molecule has 19 heavy (non-hydrogen) atoms. The summed E-state index contributed by atoms with van der Waals surface area (Å²) >= 11 is 3.39. The number of halogens is 1. The topological polar surface area (TPSA) is 64.7 Å². The molecule has 0 aromatic heterocycles. The second-order valence-corrected chi connectivity index (χ2v) is 5.73. The molecule has 0 aliphatic heterocycles. The van der Waals surface area contributed by atoms with Gasteiger partial charge in [0.05, 0.1) is 12.7 Å². The molecule has 1 aromatic rings. The van der Waals surface area contributed by atoms with Crippen molar-refractivity contribution in [1.29, 1.82) is 0 Å². The van der Waals surface area contributed by atoms with Crippen LogP contribution in [0.15, 0.2) is 22.7 Å². The van der Waals surface area contributed by atoms with E-state index in [0.29, 0.717) is 5.75 Å². The number of rotatable bonds is 7.